The molecule has 0 aliphatic rings. The molecule has 0 aliphatic carbocycles. The van der Waals surface area contributed by atoms with E-state index in [0.717, 1.165) is 12.0 Å². The molecule has 0 fully saturated rings. The maximum Gasteiger partial charge on any atom is 0.242 e. The molecule has 0 unspecified atom stereocenters. The van der Waals surface area contributed by atoms with Crippen molar-refractivity contribution in [1.82, 2.24) is 9.62 Å². The molecule has 0 heterocycles. The Morgan fingerprint density at radius 2 is 2.00 bits per heavy atom. The summed E-state index contributed by atoms with van der Waals surface area (Å²) in [6.07, 6.45) is 0.835. The molecule has 114 valence electrons. The maximum absolute atomic E-state index is 12.4. The molecule has 1 aromatic carbocycles. The first-order valence-corrected chi connectivity index (χ1v) is 8.50. The molecular formula is C14H23ClN2O2S. The fourth-order valence-corrected chi connectivity index (χ4v) is 3.29. The van der Waals surface area contributed by atoms with Gasteiger partial charge in [-0.15, -0.1) is 0 Å². The van der Waals surface area contributed by atoms with Gasteiger partial charge in [-0.05, 0) is 37.1 Å². The van der Waals surface area contributed by atoms with Gasteiger partial charge in [0, 0.05) is 25.2 Å². The molecule has 4 nitrogen and oxygen atoms in total. The van der Waals surface area contributed by atoms with Crippen LogP contribution in [0.15, 0.2) is 23.1 Å². The summed E-state index contributed by atoms with van der Waals surface area (Å²) in [4.78, 5) is 0.244. The third-order valence-electron chi connectivity index (χ3n) is 3.12. The third kappa shape index (κ3) is 4.45. The van der Waals surface area contributed by atoms with Crippen molar-refractivity contribution >= 4 is 21.6 Å². The van der Waals surface area contributed by atoms with E-state index in [0.29, 0.717) is 24.0 Å². The van der Waals surface area contributed by atoms with Crippen LogP contribution in [0.5, 0.6) is 0 Å². The summed E-state index contributed by atoms with van der Waals surface area (Å²) in [7, 11) is -0.0360. The molecule has 0 aliphatic heterocycles. The van der Waals surface area contributed by atoms with E-state index in [2.05, 4.69) is 19.2 Å². The van der Waals surface area contributed by atoms with E-state index in [-0.39, 0.29) is 4.90 Å². The average Bonchev–Trinajstić information content (AvgIpc) is 2.38. The Balaban J connectivity index is 2.95. The molecule has 1 N–H and O–H groups in total. The highest BCUT2D eigenvalue weighted by atomic mass is 35.5. The zero-order valence-corrected chi connectivity index (χ0v) is 14.1. The molecule has 0 bridgehead atoms. The molecule has 0 amide bonds. The highest BCUT2D eigenvalue weighted by Gasteiger charge is 2.21. The van der Waals surface area contributed by atoms with Crippen molar-refractivity contribution in [1.29, 1.82) is 0 Å². The molecular weight excluding hydrogens is 296 g/mol. The molecule has 0 saturated carbocycles. The Kier molecular flexibility index (Phi) is 6.45. The quantitative estimate of drug-likeness (QED) is 0.841. The maximum atomic E-state index is 12.4. The van der Waals surface area contributed by atoms with Gasteiger partial charge in [-0.2, -0.15) is 0 Å². The second-order valence-corrected chi connectivity index (χ2v) is 7.74. The lowest BCUT2D eigenvalue weighted by Gasteiger charge is -2.18. The monoisotopic (exact) mass is 318 g/mol. The van der Waals surface area contributed by atoms with E-state index < -0.39 is 10.0 Å². The molecule has 0 atom stereocenters. The van der Waals surface area contributed by atoms with Crippen molar-refractivity contribution in [2.24, 2.45) is 5.92 Å². The van der Waals surface area contributed by atoms with E-state index in [1.165, 1.54) is 10.4 Å². The third-order valence-corrected chi connectivity index (χ3v) is 5.33. The molecule has 0 aromatic heterocycles. The highest BCUT2D eigenvalue weighted by Crippen LogP contribution is 2.23. The number of sulfonamides is 1. The highest BCUT2D eigenvalue weighted by molar-refractivity contribution is 7.89. The van der Waals surface area contributed by atoms with Gasteiger partial charge < -0.3 is 5.32 Å². The number of hydrogen-bond acceptors (Lipinski definition) is 3. The van der Waals surface area contributed by atoms with Gasteiger partial charge in [-0.25, -0.2) is 12.7 Å². The summed E-state index contributed by atoms with van der Waals surface area (Å²) in [5, 5.41) is 3.46. The fourth-order valence-electron chi connectivity index (χ4n) is 1.76. The van der Waals surface area contributed by atoms with Crippen LogP contribution in [0, 0.1) is 5.92 Å². The normalized spacial score (nSPS) is 12.3. The predicted molar refractivity (Wildman–Crippen MR) is 83.5 cm³/mol. The molecule has 1 rings (SSSR count). The van der Waals surface area contributed by atoms with Crippen LogP contribution in [0.1, 0.15) is 25.8 Å². The topological polar surface area (TPSA) is 49.4 Å². The molecule has 6 heteroatoms. The number of benzene rings is 1. The van der Waals surface area contributed by atoms with Gasteiger partial charge in [0.15, 0.2) is 0 Å². The summed E-state index contributed by atoms with van der Waals surface area (Å²) >= 11 is 6.12. The minimum Gasteiger partial charge on any atom is -0.316 e. The minimum absolute atomic E-state index is 0.244. The van der Waals surface area contributed by atoms with Crippen molar-refractivity contribution in [3.8, 4) is 0 Å². The summed E-state index contributed by atoms with van der Waals surface area (Å²) < 4.78 is 26.2. The number of hydrogen-bond donors (Lipinski definition) is 1. The molecule has 0 saturated heterocycles. The van der Waals surface area contributed by atoms with E-state index in [1.807, 2.05) is 7.05 Å². The fraction of sp³-hybridized carbons (Fsp3) is 0.571. The van der Waals surface area contributed by atoms with Crippen LogP contribution in [0.4, 0.5) is 0 Å². The predicted octanol–water partition coefficient (Wildman–Crippen LogP) is 2.73. The van der Waals surface area contributed by atoms with E-state index >= 15 is 0 Å². The number of nitrogens with zero attached hydrogens (tertiary/aromatic N) is 1. The first kappa shape index (κ1) is 17.4. The van der Waals surface area contributed by atoms with Crippen LogP contribution in [0.3, 0.4) is 0 Å². The number of halogens is 1. The standard InChI is InChI=1S/C14H23ClN2O2S/c1-11(2)7-8-17(4)20(18,19)13-6-5-12(10-16-3)14(15)9-13/h5-6,9,11,16H,7-8,10H2,1-4H3. The number of rotatable bonds is 7. The van der Waals surface area contributed by atoms with Crippen molar-refractivity contribution in [2.75, 3.05) is 20.6 Å². The zero-order valence-electron chi connectivity index (χ0n) is 12.5. The Morgan fingerprint density at radius 1 is 1.35 bits per heavy atom. The van der Waals surface area contributed by atoms with Gasteiger partial charge >= 0.3 is 0 Å². The first-order chi connectivity index (χ1) is 9.28. The Hall–Kier alpha value is -0.620. The largest absolute Gasteiger partial charge is 0.316 e. The van der Waals surface area contributed by atoms with Gasteiger partial charge in [0.25, 0.3) is 0 Å². The lowest BCUT2D eigenvalue weighted by molar-refractivity contribution is 0.428. The average molecular weight is 319 g/mol. The minimum atomic E-state index is -3.46. The van der Waals surface area contributed by atoms with E-state index in [9.17, 15) is 8.42 Å². The van der Waals surface area contributed by atoms with Crippen LogP contribution < -0.4 is 5.32 Å². The summed E-state index contributed by atoms with van der Waals surface area (Å²) in [5.74, 6) is 0.467. The van der Waals surface area contributed by atoms with Gasteiger partial charge in [-0.1, -0.05) is 31.5 Å². The number of nitrogens with one attached hydrogen (secondary N) is 1. The lowest BCUT2D eigenvalue weighted by atomic mass is 10.1. The lowest BCUT2D eigenvalue weighted by Crippen LogP contribution is -2.28. The van der Waals surface area contributed by atoms with Crippen LogP contribution in [0.25, 0.3) is 0 Å². The molecule has 0 spiro atoms. The molecule has 0 radical (unpaired) electrons. The SMILES string of the molecule is CNCc1ccc(S(=O)(=O)N(C)CCC(C)C)cc1Cl. The van der Waals surface area contributed by atoms with E-state index in [1.54, 1.807) is 19.2 Å². The van der Waals surface area contributed by atoms with Gasteiger partial charge in [0.1, 0.15) is 0 Å². The summed E-state index contributed by atoms with van der Waals surface area (Å²) in [6, 6.07) is 4.89. The Bertz CT molecular complexity index is 544. The Labute approximate surface area is 127 Å². The molecule has 20 heavy (non-hydrogen) atoms. The molecule has 1 aromatic rings. The second kappa shape index (κ2) is 7.41. The van der Waals surface area contributed by atoms with Crippen LogP contribution in [-0.2, 0) is 16.6 Å². The van der Waals surface area contributed by atoms with E-state index in [4.69, 9.17) is 11.6 Å². The second-order valence-electron chi connectivity index (χ2n) is 5.29. The van der Waals surface area contributed by atoms with Crippen molar-refractivity contribution in [3.05, 3.63) is 28.8 Å². The van der Waals surface area contributed by atoms with Crippen LogP contribution in [0.2, 0.25) is 5.02 Å². The van der Waals surface area contributed by atoms with Crippen molar-refractivity contribution in [2.45, 2.75) is 31.7 Å². The van der Waals surface area contributed by atoms with Crippen LogP contribution in [-0.4, -0.2) is 33.4 Å². The van der Waals surface area contributed by atoms with Gasteiger partial charge in [0.05, 0.1) is 4.90 Å². The Morgan fingerprint density at radius 3 is 2.50 bits per heavy atom. The van der Waals surface area contributed by atoms with Gasteiger partial charge in [0.2, 0.25) is 10.0 Å². The van der Waals surface area contributed by atoms with Gasteiger partial charge in [-0.3, -0.25) is 0 Å². The summed E-state index contributed by atoms with van der Waals surface area (Å²) in [5.41, 5.74) is 0.887. The zero-order chi connectivity index (χ0) is 15.3. The van der Waals surface area contributed by atoms with Crippen LogP contribution >= 0.6 is 11.6 Å². The summed E-state index contributed by atoms with van der Waals surface area (Å²) in [6.45, 7) is 5.27. The first-order valence-electron chi connectivity index (χ1n) is 6.68. The van der Waals surface area contributed by atoms with Crippen molar-refractivity contribution < 1.29 is 8.42 Å². The smallest absolute Gasteiger partial charge is 0.242 e. The van der Waals surface area contributed by atoms with Crippen molar-refractivity contribution in [3.63, 3.8) is 0 Å².